The molecule has 90 valence electrons. The molecule has 0 radical (unpaired) electrons. The summed E-state index contributed by atoms with van der Waals surface area (Å²) in [6.07, 6.45) is 5.29. The first-order chi connectivity index (χ1) is 7.54. The van der Waals surface area contributed by atoms with Gasteiger partial charge in [-0.05, 0) is 19.8 Å². The van der Waals surface area contributed by atoms with Crippen LogP contribution in [0.3, 0.4) is 0 Å². The molecule has 0 atom stereocenters. The fourth-order valence-corrected chi connectivity index (χ4v) is 3.44. The highest BCUT2D eigenvalue weighted by Crippen LogP contribution is 2.39. The van der Waals surface area contributed by atoms with Crippen LogP contribution < -0.4 is 0 Å². The maximum absolute atomic E-state index is 9.38. The van der Waals surface area contributed by atoms with Gasteiger partial charge in [0.2, 0.25) is 0 Å². The summed E-state index contributed by atoms with van der Waals surface area (Å²) in [5, 5.41) is 10.5. The molecule has 2 nitrogen and oxygen atoms in total. The lowest BCUT2D eigenvalue weighted by atomic mass is 9.96. The fraction of sp³-hybridized carbons (Fsp3) is 0.769. The van der Waals surface area contributed by atoms with Crippen molar-refractivity contribution in [3.63, 3.8) is 0 Å². The van der Waals surface area contributed by atoms with Crippen molar-refractivity contribution in [1.82, 2.24) is 4.98 Å². The molecule has 1 N–H and O–H groups in total. The molecule has 1 fully saturated rings. The molecule has 0 bridgehead atoms. The van der Waals surface area contributed by atoms with Crippen LogP contribution in [0.5, 0.6) is 0 Å². The first-order valence-electron chi connectivity index (χ1n) is 6.13. The first kappa shape index (κ1) is 12.1. The van der Waals surface area contributed by atoms with Crippen LogP contribution in [0.4, 0.5) is 0 Å². The Balaban J connectivity index is 2.27. The number of nitrogens with zero attached hydrogens (tertiary/aromatic N) is 1. The van der Waals surface area contributed by atoms with Gasteiger partial charge in [-0.1, -0.05) is 26.7 Å². The van der Waals surface area contributed by atoms with Gasteiger partial charge in [-0.3, -0.25) is 0 Å². The van der Waals surface area contributed by atoms with Crippen molar-refractivity contribution in [1.29, 1.82) is 0 Å². The third-order valence-electron chi connectivity index (χ3n) is 3.55. The van der Waals surface area contributed by atoms with Crippen LogP contribution in [0.25, 0.3) is 0 Å². The van der Waals surface area contributed by atoms with E-state index in [-0.39, 0.29) is 12.0 Å². The fourth-order valence-electron chi connectivity index (χ4n) is 2.34. The zero-order chi connectivity index (χ0) is 11.8. The number of hydrogen-bond acceptors (Lipinski definition) is 3. The summed E-state index contributed by atoms with van der Waals surface area (Å²) in [7, 11) is 0. The lowest BCUT2D eigenvalue weighted by Gasteiger charge is -2.17. The van der Waals surface area contributed by atoms with E-state index >= 15 is 0 Å². The van der Waals surface area contributed by atoms with Crippen LogP contribution in [0.15, 0.2) is 0 Å². The quantitative estimate of drug-likeness (QED) is 0.877. The minimum atomic E-state index is -0.188. The molecule has 0 spiro atoms. The van der Waals surface area contributed by atoms with Crippen LogP contribution in [0.2, 0.25) is 0 Å². The summed E-state index contributed by atoms with van der Waals surface area (Å²) >= 11 is 1.76. The van der Waals surface area contributed by atoms with Gasteiger partial charge in [0.1, 0.15) is 5.01 Å². The molecule has 0 aromatic carbocycles. The van der Waals surface area contributed by atoms with Crippen LogP contribution >= 0.6 is 11.3 Å². The van der Waals surface area contributed by atoms with E-state index in [0.29, 0.717) is 5.92 Å². The standard InChI is InChI=1S/C13H21NOS/c1-9-11(10-6-4-5-7-10)14-12(16-9)13(2,3)8-15/h10,15H,4-8H2,1-3H3. The van der Waals surface area contributed by atoms with Crippen molar-refractivity contribution in [2.75, 3.05) is 6.61 Å². The van der Waals surface area contributed by atoms with Gasteiger partial charge >= 0.3 is 0 Å². The smallest absolute Gasteiger partial charge is 0.101 e. The largest absolute Gasteiger partial charge is 0.395 e. The predicted octanol–water partition coefficient (Wildman–Crippen LogP) is 3.38. The van der Waals surface area contributed by atoms with Crippen molar-refractivity contribution in [2.45, 2.75) is 57.8 Å². The van der Waals surface area contributed by atoms with E-state index in [0.717, 1.165) is 5.01 Å². The average molecular weight is 239 g/mol. The van der Waals surface area contributed by atoms with Gasteiger partial charge in [0.15, 0.2) is 0 Å². The monoisotopic (exact) mass is 239 g/mol. The van der Waals surface area contributed by atoms with Crippen molar-refractivity contribution in [2.24, 2.45) is 0 Å². The molecule has 2 rings (SSSR count). The molecule has 1 aromatic heterocycles. The molecule has 1 heterocycles. The van der Waals surface area contributed by atoms with E-state index in [2.05, 4.69) is 20.8 Å². The molecular formula is C13H21NOS. The summed E-state index contributed by atoms with van der Waals surface area (Å²) in [4.78, 5) is 6.14. The Bertz CT molecular complexity index is 364. The van der Waals surface area contributed by atoms with E-state index in [1.807, 2.05) is 0 Å². The van der Waals surface area contributed by atoms with Crippen molar-refractivity contribution < 1.29 is 5.11 Å². The van der Waals surface area contributed by atoms with Crippen LogP contribution in [0.1, 0.15) is 61.0 Å². The van der Waals surface area contributed by atoms with Gasteiger partial charge in [0, 0.05) is 16.2 Å². The lowest BCUT2D eigenvalue weighted by molar-refractivity contribution is 0.218. The Morgan fingerprint density at radius 1 is 1.38 bits per heavy atom. The highest BCUT2D eigenvalue weighted by atomic mass is 32.1. The van der Waals surface area contributed by atoms with Crippen molar-refractivity contribution in [3.8, 4) is 0 Å². The maximum atomic E-state index is 9.38. The van der Waals surface area contributed by atoms with Crippen molar-refractivity contribution in [3.05, 3.63) is 15.6 Å². The summed E-state index contributed by atoms with van der Waals surface area (Å²) in [5.41, 5.74) is 1.12. The Hall–Kier alpha value is -0.410. The number of rotatable bonds is 3. The Morgan fingerprint density at radius 3 is 2.56 bits per heavy atom. The van der Waals surface area contributed by atoms with E-state index in [4.69, 9.17) is 4.98 Å². The highest BCUT2D eigenvalue weighted by molar-refractivity contribution is 7.11. The zero-order valence-electron chi connectivity index (χ0n) is 10.4. The topological polar surface area (TPSA) is 33.1 Å². The SMILES string of the molecule is Cc1sc(C(C)(C)CO)nc1C1CCCC1. The van der Waals surface area contributed by atoms with E-state index in [9.17, 15) is 5.11 Å². The van der Waals surface area contributed by atoms with Gasteiger partial charge in [-0.25, -0.2) is 4.98 Å². The summed E-state index contributed by atoms with van der Waals surface area (Å²) in [6.45, 7) is 6.46. The van der Waals surface area contributed by atoms with Gasteiger partial charge < -0.3 is 5.11 Å². The normalized spacial score (nSPS) is 18.2. The number of aliphatic hydroxyl groups is 1. The number of aryl methyl sites for hydroxylation is 1. The third kappa shape index (κ3) is 2.16. The van der Waals surface area contributed by atoms with E-state index in [1.54, 1.807) is 11.3 Å². The van der Waals surface area contributed by atoms with Crippen LogP contribution in [-0.4, -0.2) is 16.7 Å². The molecule has 16 heavy (non-hydrogen) atoms. The number of thiazole rings is 1. The van der Waals surface area contributed by atoms with Gasteiger partial charge in [-0.15, -0.1) is 11.3 Å². The molecule has 1 aromatic rings. The minimum absolute atomic E-state index is 0.171. The molecule has 0 saturated heterocycles. The highest BCUT2D eigenvalue weighted by Gasteiger charge is 2.28. The maximum Gasteiger partial charge on any atom is 0.101 e. The minimum Gasteiger partial charge on any atom is -0.395 e. The molecule has 0 unspecified atom stereocenters. The Morgan fingerprint density at radius 2 is 2.00 bits per heavy atom. The Labute approximate surface area is 102 Å². The second kappa shape index (κ2) is 4.46. The lowest BCUT2D eigenvalue weighted by Crippen LogP contribution is -2.21. The zero-order valence-corrected chi connectivity index (χ0v) is 11.2. The van der Waals surface area contributed by atoms with Gasteiger partial charge in [-0.2, -0.15) is 0 Å². The van der Waals surface area contributed by atoms with E-state index < -0.39 is 0 Å². The summed E-state index contributed by atoms with van der Waals surface area (Å²) in [5.74, 6) is 0.680. The molecule has 1 saturated carbocycles. The van der Waals surface area contributed by atoms with Gasteiger partial charge in [0.05, 0.1) is 12.3 Å². The average Bonchev–Trinajstić information content (AvgIpc) is 2.86. The number of aliphatic hydroxyl groups excluding tert-OH is 1. The van der Waals surface area contributed by atoms with Crippen LogP contribution in [0, 0.1) is 6.92 Å². The second-order valence-electron chi connectivity index (χ2n) is 5.48. The summed E-state index contributed by atoms with van der Waals surface area (Å²) in [6, 6.07) is 0. The molecule has 1 aliphatic rings. The predicted molar refractivity (Wildman–Crippen MR) is 68.2 cm³/mol. The molecule has 1 aliphatic carbocycles. The molecular weight excluding hydrogens is 218 g/mol. The van der Waals surface area contributed by atoms with Crippen molar-refractivity contribution >= 4 is 11.3 Å². The summed E-state index contributed by atoms with van der Waals surface area (Å²) < 4.78 is 0. The molecule has 3 heteroatoms. The third-order valence-corrected chi connectivity index (χ3v) is 4.90. The van der Waals surface area contributed by atoms with Crippen LogP contribution in [-0.2, 0) is 5.41 Å². The second-order valence-corrected chi connectivity index (χ2v) is 6.69. The number of hydrogen-bond donors (Lipinski definition) is 1. The van der Waals surface area contributed by atoms with E-state index in [1.165, 1.54) is 36.3 Å². The van der Waals surface area contributed by atoms with Gasteiger partial charge in [0.25, 0.3) is 0 Å². The molecule has 0 amide bonds. The first-order valence-corrected chi connectivity index (χ1v) is 6.95. The Kier molecular flexibility index (Phi) is 3.36. The molecule has 0 aliphatic heterocycles. The number of aromatic nitrogens is 1.